The standard InChI is InChI=1S/C25H24ClN3O3/c1-2-22(31)24-23(18-7-4-3-5-8-18)21-13-19(26)9-10-20(21)25(32)29(24)16-17-14-27-28(15-17)11-6-12-30/h3-5,7-10,13-15,30H,2,6,11-12,16H2,1H3. The number of carbonyl (C=O) groups is 1. The number of hydrogen-bond acceptors (Lipinski definition) is 4. The largest absolute Gasteiger partial charge is 0.396 e. The lowest BCUT2D eigenvalue weighted by atomic mass is 9.94. The third-order valence-electron chi connectivity index (χ3n) is 5.45. The number of rotatable bonds is 8. The van der Waals surface area contributed by atoms with Gasteiger partial charge in [0.25, 0.3) is 5.56 Å². The molecule has 2 aromatic heterocycles. The van der Waals surface area contributed by atoms with Crippen LogP contribution < -0.4 is 5.56 Å². The summed E-state index contributed by atoms with van der Waals surface area (Å²) in [5.41, 5.74) is 2.51. The summed E-state index contributed by atoms with van der Waals surface area (Å²) < 4.78 is 3.29. The molecule has 0 unspecified atom stereocenters. The Hall–Kier alpha value is -3.22. The van der Waals surface area contributed by atoms with Crippen LogP contribution in [0.15, 0.2) is 65.7 Å². The van der Waals surface area contributed by atoms with Crippen molar-refractivity contribution >= 4 is 28.2 Å². The third-order valence-corrected chi connectivity index (χ3v) is 5.69. The van der Waals surface area contributed by atoms with Gasteiger partial charge in [0.1, 0.15) is 0 Å². The fraction of sp³-hybridized carbons (Fsp3) is 0.240. The normalized spacial score (nSPS) is 11.2. The van der Waals surface area contributed by atoms with Crippen LogP contribution in [-0.4, -0.2) is 31.8 Å². The number of aryl methyl sites for hydroxylation is 1. The topological polar surface area (TPSA) is 77.1 Å². The Morgan fingerprint density at radius 3 is 2.62 bits per heavy atom. The molecule has 0 atom stereocenters. The van der Waals surface area contributed by atoms with Crippen molar-refractivity contribution in [2.75, 3.05) is 6.61 Å². The molecule has 0 amide bonds. The summed E-state index contributed by atoms with van der Waals surface area (Å²) in [5, 5.41) is 15.1. The summed E-state index contributed by atoms with van der Waals surface area (Å²) in [6.45, 7) is 2.67. The van der Waals surface area contributed by atoms with E-state index in [1.54, 1.807) is 40.6 Å². The molecule has 0 saturated carbocycles. The summed E-state index contributed by atoms with van der Waals surface area (Å²) >= 11 is 6.29. The Morgan fingerprint density at radius 2 is 1.91 bits per heavy atom. The molecule has 164 valence electrons. The smallest absolute Gasteiger partial charge is 0.259 e. The van der Waals surface area contributed by atoms with E-state index in [9.17, 15) is 9.59 Å². The predicted octanol–water partition coefficient (Wildman–Crippen LogP) is 4.54. The SMILES string of the molecule is CCC(=O)c1c(-c2ccccc2)c2cc(Cl)ccc2c(=O)n1Cc1cnn(CCCO)c1. The van der Waals surface area contributed by atoms with E-state index in [2.05, 4.69) is 5.10 Å². The van der Waals surface area contributed by atoms with Crippen molar-refractivity contribution in [1.82, 2.24) is 14.3 Å². The first kappa shape index (κ1) is 22.0. The zero-order chi connectivity index (χ0) is 22.7. The first-order valence-corrected chi connectivity index (χ1v) is 11.0. The van der Waals surface area contributed by atoms with Crippen LogP contribution in [0.25, 0.3) is 21.9 Å². The number of nitrogens with zero attached hydrogens (tertiary/aromatic N) is 3. The molecule has 0 aliphatic heterocycles. The van der Waals surface area contributed by atoms with Crippen molar-refractivity contribution in [2.45, 2.75) is 32.9 Å². The fourth-order valence-electron chi connectivity index (χ4n) is 3.95. The molecule has 0 aliphatic rings. The molecule has 0 fully saturated rings. The summed E-state index contributed by atoms with van der Waals surface area (Å²) in [6.07, 6.45) is 4.39. The van der Waals surface area contributed by atoms with Crippen molar-refractivity contribution in [3.8, 4) is 11.1 Å². The van der Waals surface area contributed by atoms with Crippen molar-refractivity contribution in [2.24, 2.45) is 0 Å². The van der Waals surface area contributed by atoms with Crippen LogP contribution in [0.3, 0.4) is 0 Å². The molecule has 0 aliphatic carbocycles. The lowest BCUT2D eigenvalue weighted by Gasteiger charge is -2.19. The number of fused-ring (bicyclic) bond motifs is 1. The van der Waals surface area contributed by atoms with Gasteiger partial charge in [0, 0.05) is 47.3 Å². The highest BCUT2D eigenvalue weighted by molar-refractivity contribution is 6.31. The Kier molecular flexibility index (Phi) is 6.53. The van der Waals surface area contributed by atoms with Gasteiger partial charge in [-0.2, -0.15) is 5.10 Å². The Bertz CT molecular complexity index is 1330. The molecule has 1 N–H and O–H groups in total. The van der Waals surface area contributed by atoms with Crippen LogP contribution in [0.4, 0.5) is 0 Å². The van der Waals surface area contributed by atoms with Crippen LogP contribution in [0.2, 0.25) is 5.02 Å². The Balaban J connectivity index is 1.99. The highest BCUT2D eigenvalue weighted by Gasteiger charge is 2.23. The Morgan fingerprint density at radius 1 is 1.12 bits per heavy atom. The number of halogens is 1. The predicted molar refractivity (Wildman–Crippen MR) is 126 cm³/mol. The molecule has 32 heavy (non-hydrogen) atoms. The second-order valence-electron chi connectivity index (χ2n) is 7.64. The Labute approximate surface area is 190 Å². The van der Waals surface area contributed by atoms with E-state index in [1.165, 1.54) is 0 Å². The lowest BCUT2D eigenvalue weighted by molar-refractivity contribution is 0.0979. The summed E-state index contributed by atoms with van der Waals surface area (Å²) in [4.78, 5) is 26.8. The minimum absolute atomic E-state index is 0.0808. The number of aliphatic hydroxyl groups is 1. The highest BCUT2D eigenvalue weighted by atomic mass is 35.5. The molecule has 2 heterocycles. The van der Waals surface area contributed by atoms with Crippen molar-refractivity contribution < 1.29 is 9.90 Å². The molecule has 0 spiro atoms. The molecule has 4 rings (SSSR count). The van der Waals surface area contributed by atoms with Crippen LogP contribution in [0, 0.1) is 0 Å². The van der Waals surface area contributed by atoms with Gasteiger partial charge in [0.15, 0.2) is 5.78 Å². The molecule has 6 nitrogen and oxygen atoms in total. The van der Waals surface area contributed by atoms with Crippen LogP contribution >= 0.6 is 11.6 Å². The van der Waals surface area contributed by atoms with Gasteiger partial charge in [-0.05, 0) is 35.6 Å². The fourth-order valence-corrected chi connectivity index (χ4v) is 4.12. The van der Waals surface area contributed by atoms with Gasteiger partial charge in [-0.3, -0.25) is 18.8 Å². The number of carbonyl (C=O) groups excluding carboxylic acids is 1. The molecule has 0 radical (unpaired) electrons. The van der Waals surface area contributed by atoms with Gasteiger partial charge < -0.3 is 5.11 Å². The molecule has 0 saturated heterocycles. The minimum atomic E-state index is -0.240. The van der Waals surface area contributed by atoms with Gasteiger partial charge in [-0.15, -0.1) is 0 Å². The lowest BCUT2D eigenvalue weighted by Crippen LogP contribution is -2.28. The number of benzene rings is 2. The zero-order valence-corrected chi connectivity index (χ0v) is 18.5. The van der Waals surface area contributed by atoms with Crippen molar-refractivity contribution in [3.63, 3.8) is 0 Å². The van der Waals surface area contributed by atoms with Gasteiger partial charge in [0.2, 0.25) is 0 Å². The average molecular weight is 450 g/mol. The van der Waals surface area contributed by atoms with Crippen LogP contribution in [-0.2, 0) is 13.1 Å². The minimum Gasteiger partial charge on any atom is -0.396 e. The molecule has 2 aromatic carbocycles. The van der Waals surface area contributed by atoms with E-state index in [0.29, 0.717) is 40.0 Å². The summed E-state index contributed by atoms with van der Waals surface area (Å²) in [7, 11) is 0. The van der Waals surface area contributed by atoms with E-state index in [0.717, 1.165) is 11.1 Å². The highest BCUT2D eigenvalue weighted by Crippen LogP contribution is 2.33. The first-order chi connectivity index (χ1) is 15.5. The van der Waals surface area contributed by atoms with E-state index in [4.69, 9.17) is 16.7 Å². The summed E-state index contributed by atoms with van der Waals surface area (Å²) in [6, 6.07) is 14.8. The number of ketones is 1. The molecular weight excluding hydrogens is 426 g/mol. The van der Waals surface area contributed by atoms with Crippen molar-refractivity contribution in [3.05, 3.63) is 87.6 Å². The number of hydrogen-bond donors (Lipinski definition) is 1. The molecular formula is C25H24ClN3O3. The first-order valence-electron chi connectivity index (χ1n) is 10.6. The maximum atomic E-state index is 13.6. The maximum absolute atomic E-state index is 13.6. The maximum Gasteiger partial charge on any atom is 0.259 e. The van der Waals surface area contributed by atoms with E-state index in [-0.39, 0.29) is 30.9 Å². The zero-order valence-electron chi connectivity index (χ0n) is 17.8. The number of aliphatic hydroxyl groups excluding tert-OH is 1. The van der Waals surface area contributed by atoms with E-state index >= 15 is 0 Å². The average Bonchev–Trinajstić information content (AvgIpc) is 3.26. The van der Waals surface area contributed by atoms with Crippen molar-refractivity contribution in [1.29, 1.82) is 0 Å². The number of aromatic nitrogens is 3. The second kappa shape index (κ2) is 9.51. The number of pyridine rings is 1. The second-order valence-corrected chi connectivity index (χ2v) is 8.07. The quantitative estimate of drug-likeness (QED) is 0.400. The van der Waals surface area contributed by atoms with E-state index in [1.807, 2.05) is 36.5 Å². The van der Waals surface area contributed by atoms with Gasteiger partial charge in [-0.1, -0.05) is 48.9 Å². The van der Waals surface area contributed by atoms with Gasteiger partial charge in [0.05, 0.1) is 18.4 Å². The number of Topliss-reactive ketones (excluding diaryl/α,β-unsaturated/α-hetero) is 1. The van der Waals surface area contributed by atoms with E-state index < -0.39 is 0 Å². The summed E-state index contributed by atoms with van der Waals surface area (Å²) in [5.74, 6) is -0.115. The van der Waals surface area contributed by atoms with Crippen LogP contribution in [0.5, 0.6) is 0 Å². The molecule has 7 heteroatoms. The molecule has 4 aromatic rings. The monoisotopic (exact) mass is 449 g/mol. The third kappa shape index (κ3) is 4.24. The van der Waals surface area contributed by atoms with Gasteiger partial charge in [-0.25, -0.2) is 0 Å². The van der Waals surface area contributed by atoms with Crippen LogP contribution in [0.1, 0.15) is 35.8 Å². The van der Waals surface area contributed by atoms with Gasteiger partial charge >= 0.3 is 0 Å². The molecule has 0 bridgehead atoms.